The number of benzene rings is 2. The van der Waals surface area contributed by atoms with Crippen LogP contribution in [0.15, 0.2) is 85.2 Å². The third-order valence-electron chi connectivity index (χ3n) is 4.66. The summed E-state index contributed by atoms with van der Waals surface area (Å²) in [6.07, 6.45) is 3.88. The molecule has 0 aliphatic heterocycles. The number of hydrogen-bond acceptors (Lipinski definition) is 4. The van der Waals surface area contributed by atoms with Crippen LogP contribution in [0.2, 0.25) is 0 Å². The lowest BCUT2D eigenvalue weighted by atomic mass is 10.0. The number of carbonyl (C=O) groups is 1. The fourth-order valence-electron chi connectivity index (χ4n) is 3.18. The van der Waals surface area contributed by atoms with Crippen molar-refractivity contribution in [1.82, 2.24) is 19.9 Å². The second kappa shape index (κ2) is 9.05. The lowest BCUT2D eigenvalue weighted by molar-refractivity contribution is 0.0955. The molecule has 6 heteroatoms. The van der Waals surface area contributed by atoms with Crippen LogP contribution in [0.4, 0.5) is 5.82 Å². The van der Waals surface area contributed by atoms with Crippen LogP contribution < -0.4 is 10.6 Å². The van der Waals surface area contributed by atoms with E-state index in [-0.39, 0.29) is 5.91 Å². The molecule has 4 rings (SSSR count). The molecule has 0 saturated heterocycles. The van der Waals surface area contributed by atoms with E-state index < -0.39 is 0 Å². The summed E-state index contributed by atoms with van der Waals surface area (Å²) in [5.41, 5.74) is 2.86. The Labute approximate surface area is 175 Å². The fraction of sp³-hybridized carbons (Fsp3) is 0.125. The van der Waals surface area contributed by atoms with Crippen molar-refractivity contribution in [2.24, 2.45) is 0 Å². The summed E-state index contributed by atoms with van der Waals surface area (Å²) in [6.45, 7) is 2.91. The summed E-state index contributed by atoms with van der Waals surface area (Å²) in [4.78, 5) is 21.3. The van der Waals surface area contributed by atoms with Gasteiger partial charge in [-0.1, -0.05) is 42.5 Å². The number of amides is 1. The van der Waals surface area contributed by atoms with E-state index in [0.29, 0.717) is 24.5 Å². The molecule has 2 N–H and O–H groups in total. The highest BCUT2D eigenvalue weighted by Crippen LogP contribution is 2.19. The van der Waals surface area contributed by atoms with Crippen LogP contribution in [0.25, 0.3) is 16.9 Å². The maximum atomic E-state index is 12.4. The summed E-state index contributed by atoms with van der Waals surface area (Å²) in [6, 6.07) is 23.5. The Morgan fingerprint density at radius 3 is 2.30 bits per heavy atom. The van der Waals surface area contributed by atoms with Crippen molar-refractivity contribution in [3.63, 3.8) is 0 Å². The summed E-state index contributed by atoms with van der Waals surface area (Å²) in [7, 11) is 0. The van der Waals surface area contributed by atoms with Crippen LogP contribution >= 0.6 is 0 Å². The van der Waals surface area contributed by atoms with Crippen LogP contribution in [0.3, 0.4) is 0 Å². The van der Waals surface area contributed by atoms with E-state index in [1.165, 1.54) is 0 Å². The van der Waals surface area contributed by atoms with Gasteiger partial charge in [0, 0.05) is 37.1 Å². The van der Waals surface area contributed by atoms with Crippen LogP contribution in [0.5, 0.6) is 0 Å². The Morgan fingerprint density at radius 2 is 1.57 bits per heavy atom. The van der Waals surface area contributed by atoms with E-state index in [1.54, 1.807) is 0 Å². The highest BCUT2D eigenvalue weighted by atomic mass is 16.1. The second-order valence-electron chi connectivity index (χ2n) is 6.87. The van der Waals surface area contributed by atoms with Crippen molar-refractivity contribution >= 4 is 11.7 Å². The highest BCUT2D eigenvalue weighted by Gasteiger charge is 2.06. The average Bonchev–Trinajstić information content (AvgIpc) is 3.32. The van der Waals surface area contributed by atoms with Crippen LogP contribution in [0.1, 0.15) is 16.2 Å². The zero-order valence-electron chi connectivity index (χ0n) is 16.7. The smallest absolute Gasteiger partial charge is 0.251 e. The van der Waals surface area contributed by atoms with Gasteiger partial charge in [0.1, 0.15) is 17.5 Å². The molecule has 4 aromatic rings. The molecule has 0 bridgehead atoms. The molecule has 2 aromatic carbocycles. The van der Waals surface area contributed by atoms with Gasteiger partial charge in [-0.25, -0.2) is 9.97 Å². The van der Waals surface area contributed by atoms with Crippen LogP contribution in [-0.2, 0) is 0 Å². The molecule has 0 atom stereocenters. The zero-order valence-corrected chi connectivity index (χ0v) is 16.7. The van der Waals surface area contributed by atoms with Gasteiger partial charge in [0.15, 0.2) is 0 Å². The van der Waals surface area contributed by atoms with Gasteiger partial charge in [0.05, 0.1) is 0 Å². The molecule has 0 fully saturated rings. The second-order valence-corrected chi connectivity index (χ2v) is 6.87. The molecule has 2 heterocycles. The Morgan fingerprint density at radius 1 is 0.867 bits per heavy atom. The largest absolute Gasteiger partial charge is 0.368 e. The van der Waals surface area contributed by atoms with E-state index in [4.69, 9.17) is 0 Å². The first-order valence-electron chi connectivity index (χ1n) is 9.86. The molecule has 0 saturated carbocycles. The monoisotopic (exact) mass is 397 g/mol. The number of aryl methyl sites for hydroxylation is 1. The highest BCUT2D eigenvalue weighted by molar-refractivity contribution is 5.94. The van der Waals surface area contributed by atoms with E-state index in [1.807, 2.05) is 84.5 Å². The minimum Gasteiger partial charge on any atom is -0.368 e. The predicted octanol–water partition coefficient (Wildman–Crippen LogP) is 4.08. The first-order chi connectivity index (χ1) is 14.7. The Bertz CT molecular complexity index is 1110. The molecule has 30 heavy (non-hydrogen) atoms. The Kier molecular flexibility index (Phi) is 5.85. The van der Waals surface area contributed by atoms with Crippen molar-refractivity contribution in [1.29, 1.82) is 0 Å². The van der Waals surface area contributed by atoms with E-state index in [9.17, 15) is 4.79 Å². The molecule has 0 unspecified atom stereocenters. The number of nitrogens with zero attached hydrogens (tertiary/aromatic N) is 3. The van der Waals surface area contributed by atoms with Crippen molar-refractivity contribution in [2.75, 3.05) is 18.4 Å². The Hall–Kier alpha value is -3.93. The van der Waals surface area contributed by atoms with Crippen LogP contribution in [-0.4, -0.2) is 33.5 Å². The molecule has 0 radical (unpaired) electrons. The molecule has 0 spiro atoms. The van der Waals surface area contributed by atoms with Gasteiger partial charge in [-0.2, -0.15) is 0 Å². The van der Waals surface area contributed by atoms with Gasteiger partial charge < -0.3 is 15.2 Å². The lowest BCUT2D eigenvalue weighted by Gasteiger charge is -2.10. The number of nitrogens with one attached hydrogen (secondary N) is 2. The summed E-state index contributed by atoms with van der Waals surface area (Å²) in [5, 5.41) is 6.18. The summed E-state index contributed by atoms with van der Waals surface area (Å²) < 4.78 is 1.93. The maximum absolute atomic E-state index is 12.4. The molecule has 0 aliphatic carbocycles. The van der Waals surface area contributed by atoms with E-state index in [0.717, 1.165) is 22.8 Å². The third kappa shape index (κ3) is 4.72. The number of anilines is 1. The first kappa shape index (κ1) is 19.4. The zero-order chi connectivity index (χ0) is 20.8. The quantitative estimate of drug-likeness (QED) is 0.461. The van der Waals surface area contributed by atoms with Gasteiger partial charge in [0.25, 0.3) is 5.91 Å². The van der Waals surface area contributed by atoms with Gasteiger partial charge in [-0.3, -0.25) is 4.79 Å². The minimum atomic E-state index is -0.0942. The standard InChI is InChI=1S/C24H23N5O/c1-18-27-22(17-23(28-18)29-15-5-6-16-29)25-13-14-26-24(30)21-11-9-20(10-12-21)19-7-3-2-4-8-19/h2-12,15-17H,13-14H2,1H3,(H,26,30)(H,25,27,28). The SMILES string of the molecule is Cc1nc(NCCNC(=O)c2ccc(-c3ccccc3)cc2)cc(-n2cccc2)n1. The van der Waals surface area contributed by atoms with Crippen LogP contribution in [0, 0.1) is 6.92 Å². The molecule has 1 amide bonds. The van der Waals surface area contributed by atoms with Crippen molar-refractivity contribution < 1.29 is 4.79 Å². The molecule has 2 aromatic heterocycles. The summed E-state index contributed by atoms with van der Waals surface area (Å²) >= 11 is 0. The normalized spacial score (nSPS) is 10.6. The molecule has 6 nitrogen and oxygen atoms in total. The van der Waals surface area contributed by atoms with Gasteiger partial charge >= 0.3 is 0 Å². The van der Waals surface area contributed by atoms with Crippen molar-refractivity contribution in [2.45, 2.75) is 6.92 Å². The predicted molar refractivity (Wildman–Crippen MR) is 119 cm³/mol. The van der Waals surface area contributed by atoms with Gasteiger partial charge in [-0.05, 0) is 42.3 Å². The van der Waals surface area contributed by atoms with E-state index >= 15 is 0 Å². The maximum Gasteiger partial charge on any atom is 0.251 e. The van der Waals surface area contributed by atoms with Gasteiger partial charge in [0.2, 0.25) is 0 Å². The molecule has 150 valence electrons. The average molecular weight is 397 g/mol. The molecule has 0 aliphatic rings. The third-order valence-corrected chi connectivity index (χ3v) is 4.66. The minimum absolute atomic E-state index is 0.0942. The topological polar surface area (TPSA) is 71.8 Å². The number of hydrogen-bond donors (Lipinski definition) is 2. The van der Waals surface area contributed by atoms with Gasteiger partial charge in [-0.15, -0.1) is 0 Å². The van der Waals surface area contributed by atoms with Crippen molar-refractivity contribution in [3.05, 3.63) is 96.6 Å². The Balaban J connectivity index is 1.30. The first-order valence-corrected chi connectivity index (χ1v) is 9.86. The summed E-state index contributed by atoms with van der Waals surface area (Å²) in [5.74, 6) is 2.12. The van der Waals surface area contributed by atoms with Crippen molar-refractivity contribution in [3.8, 4) is 16.9 Å². The number of carbonyl (C=O) groups excluding carboxylic acids is 1. The number of rotatable bonds is 7. The van der Waals surface area contributed by atoms with E-state index in [2.05, 4.69) is 32.7 Å². The lowest BCUT2D eigenvalue weighted by Crippen LogP contribution is -2.28. The fourth-order valence-corrected chi connectivity index (χ4v) is 3.18. The number of aromatic nitrogens is 3. The molecular formula is C24H23N5O. The molecular weight excluding hydrogens is 374 g/mol.